The summed E-state index contributed by atoms with van der Waals surface area (Å²) in [6.07, 6.45) is 9.68. The number of esters is 1. The van der Waals surface area contributed by atoms with Gasteiger partial charge in [-0.2, -0.15) is 0 Å². The van der Waals surface area contributed by atoms with Gasteiger partial charge in [0.05, 0.1) is 18.7 Å². The van der Waals surface area contributed by atoms with Crippen molar-refractivity contribution < 1.29 is 14.3 Å². The van der Waals surface area contributed by atoms with Gasteiger partial charge in [-0.25, -0.2) is 4.98 Å². The third-order valence-electron chi connectivity index (χ3n) is 6.87. The van der Waals surface area contributed by atoms with E-state index in [0.29, 0.717) is 13.0 Å². The zero-order valence-electron chi connectivity index (χ0n) is 15.1. The molecular weight excluding hydrogens is 348 g/mol. The molecule has 5 nitrogen and oxygen atoms in total. The number of hydrogen-bond acceptors (Lipinski definition) is 5. The molecule has 0 radical (unpaired) electrons. The van der Waals surface area contributed by atoms with Crippen LogP contribution in [0.15, 0.2) is 5.38 Å². The Labute approximate surface area is 158 Å². The average Bonchev–Trinajstić information content (AvgIpc) is 3.20. The summed E-state index contributed by atoms with van der Waals surface area (Å²) in [6, 6.07) is 0. The van der Waals surface area contributed by atoms with E-state index in [1.165, 1.54) is 49.9 Å². The van der Waals surface area contributed by atoms with Crippen LogP contribution in [-0.4, -0.2) is 30.0 Å². The van der Waals surface area contributed by atoms with Gasteiger partial charge in [0.15, 0.2) is 5.13 Å². The molecule has 0 spiro atoms. The minimum atomic E-state index is -0.176. The lowest BCUT2D eigenvalue weighted by atomic mass is 9.50. The van der Waals surface area contributed by atoms with Crippen LogP contribution >= 0.6 is 11.3 Å². The molecule has 1 saturated heterocycles. The molecule has 1 aromatic heterocycles. The number of anilines is 1. The van der Waals surface area contributed by atoms with Gasteiger partial charge in [-0.1, -0.05) is 0 Å². The van der Waals surface area contributed by atoms with Crippen molar-refractivity contribution >= 4 is 28.3 Å². The fourth-order valence-electron chi connectivity index (χ4n) is 6.25. The van der Waals surface area contributed by atoms with E-state index in [4.69, 9.17) is 4.74 Å². The Hall–Kier alpha value is -1.43. The van der Waals surface area contributed by atoms with E-state index in [1.54, 1.807) is 4.90 Å². The summed E-state index contributed by atoms with van der Waals surface area (Å²) in [5, 5.41) is 2.60. The summed E-state index contributed by atoms with van der Waals surface area (Å²) < 4.78 is 5.73. The second kappa shape index (κ2) is 6.32. The highest BCUT2D eigenvalue weighted by Crippen LogP contribution is 2.60. The zero-order valence-corrected chi connectivity index (χ0v) is 15.9. The number of ether oxygens (including phenoxy) is 1. The lowest BCUT2D eigenvalue weighted by molar-refractivity contribution is -0.154. The molecule has 4 saturated carbocycles. The van der Waals surface area contributed by atoms with Crippen molar-refractivity contribution in [2.45, 2.75) is 57.8 Å². The van der Waals surface area contributed by atoms with Crippen LogP contribution in [0.3, 0.4) is 0 Å². The molecule has 140 valence electrons. The second-order valence-corrected chi connectivity index (χ2v) is 9.86. The van der Waals surface area contributed by atoms with Gasteiger partial charge in [-0.3, -0.25) is 14.5 Å². The Kier molecular flexibility index (Phi) is 4.07. The molecule has 0 N–H and O–H groups in total. The summed E-state index contributed by atoms with van der Waals surface area (Å²) in [7, 11) is 0. The average molecular weight is 375 g/mol. The summed E-state index contributed by atoms with van der Waals surface area (Å²) in [4.78, 5) is 30.4. The minimum absolute atomic E-state index is 0.135. The van der Waals surface area contributed by atoms with Gasteiger partial charge in [-0.05, 0) is 62.7 Å². The zero-order chi connectivity index (χ0) is 17.7. The maximum Gasteiger partial charge on any atom is 0.311 e. The molecule has 26 heavy (non-hydrogen) atoms. The Morgan fingerprint density at radius 1 is 1.23 bits per heavy atom. The van der Waals surface area contributed by atoms with Crippen LogP contribution in [0, 0.1) is 23.2 Å². The predicted octanol–water partition coefficient (Wildman–Crippen LogP) is 3.57. The molecule has 4 aliphatic carbocycles. The Balaban J connectivity index is 1.17. The van der Waals surface area contributed by atoms with Crippen LogP contribution in [0.25, 0.3) is 0 Å². The first-order chi connectivity index (χ1) is 12.6. The van der Waals surface area contributed by atoms with Gasteiger partial charge in [0.2, 0.25) is 5.91 Å². The van der Waals surface area contributed by atoms with Crippen molar-refractivity contribution in [3.05, 3.63) is 11.1 Å². The molecule has 2 heterocycles. The van der Waals surface area contributed by atoms with Crippen LogP contribution in [0.2, 0.25) is 0 Å². The van der Waals surface area contributed by atoms with Crippen molar-refractivity contribution in [2.75, 3.05) is 18.1 Å². The highest BCUT2D eigenvalue weighted by atomic mass is 32.1. The molecule has 5 fully saturated rings. The van der Waals surface area contributed by atoms with Gasteiger partial charge in [-0.15, -0.1) is 11.3 Å². The normalized spacial score (nSPS) is 35.3. The van der Waals surface area contributed by atoms with E-state index in [2.05, 4.69) is 4.98 Å². The highest BCUT2D eigenvalue weighted by molar-refractivity contribution is 7.14. The highest BCUT2D eigenvalue weighted by Gasteiger charge is 2.51. The van der Waals surface area contributed by atoms with E-state index in [0.717, 1.165) is 41.5 Å². The fourth-order valence-corrected chi connectivity index (χ4v) is 7.12. The summed E-state index contributed by atoms with van der Waals surface area (Å²) in [5.74, 6) is 2.58. The minimum Gasteiger partial charge on any atom is -0.465 e. The van der Waals surface area contributed by atoms with Crippen molar-refractivity contribution in [3.63, 3.8) is 0 Å². The van der Waals surface area contributed by atoms with Gasteiger partial charge >= 0.3 is 5.97 Å². The molecule has 6 heteroatoms. The lowest BCUT2D eigenvalue weighted by Gasteiger charge is -2.56. The fraction of sp³-hybridized carbons (Fsp3) is 0.750. The smallest absolute Gasteiger partial charge is 0.311 e. The maximum atomic E-state index is 12.4. The third-order valence-corrected chi connectivity index (χ3v) is 7.79. The van der Waals surface area contributed by atoms with Crippen LogP contribution in [0.1, 0.15) is 57.1 Å². The van der Waals surface area contributed by atoms with E-state index in [1.807, 2.05) is 5.38 Å². The second-order valence-electron chi connectivity index (χ2n) is 9.03. The van der Waals surface area contributed by atoms with Crippen molar-refractivity contribution in [2.24, 2.45) is 23.2 Å². The Bertz CT molecular complexity index is 693. The van der Waals surface area contributed by atoms with Crippen LogP contribution < -0.4 is 4.90 Å². The molecule has 6 rings (SSSR count). The van der Waals surface area contributed by atoms with Gasteiger partial charge in [0.1, 0.15) is 0 Å². The number of rotatable bonds is 5. The molecule has 5 aliphatic rings. The van der Waals surface area contributed by atoms with Crippen molar-refractivity contribution in [3.8, 4) is 0 Å². The SMILES string of the molecule is O=C(Cc1csc(N2CCCC2=O)n1)OCC12CC3CC(CC(C3)C1)C2. The van der Waals surface area contributed by atoms with Crippen LogP contribution in [0.4, 0.5) is 5.13 Å². The molecule has 0 aromatic carbocycles. The molecule has 1 aliphatic heterocycles. The number of aromatic nitrogens is 1. The number of carbonyl (C=O) groups is 2. The van der Waals surface area contributed by atoms with Crippen molar-refractivity contribution in [1.29, 1.82) is 0 Å². The number of thiazole rings is 1. The first kappa shape index (κ1) is 16.7. The lowest BCUT2D eigenvalue weighted by Crippen LogP contribution is -2.48. The first-order valence-corrected chi connectivity index (χ1v) is 10.9. The number of carbonyl (C=O) groups excluding carboxylic acids is 2. The molecular formula is C20H26N2O3S. The van der Waals surface area contributed by atoms with E-state index in [9.17, 15) is 9.59 Å². The summed E-state index contributed by atoms with van der Waals surface area (Å²) in [6.45, 7) is 1.33. The number of nitrogens with zero attached hydrogens (tertiary/aromatic N) is 2. The Morgan fingerprint density at radius 2 is 1.92 bits per heavy atom. The molecule has 1 aromatic rings. The van der Waals surface area contributed by atoms with Crippen molar-refractivity contribution in [1.82, 2.24) is 4.98 Å². The van der Waals surface area contributed by atoms with E-state index in [-0.39, 0.29) is 23.7 Å². The van der Waals surface area contributed by atoms with Gasteiger partial charge < -0.3 is 4.74 Å². The van der Waals surface area contributed by atoms with E-state index >= 15 is 0 Å². The van der Waals surface area contributed by atoms with Crippen LogP contribution in [0.5, 0.6) is 0 Å². The first-order valence-electron chi connectivity index (χ1n) is 9.99. The molecule has 0 unspecified atom stereocenters. The third kappa shape index (κ3) is 3.06. The van der Waals surface area contributed by atoms with Gasteiger partial charge in [0, 0.05) is 23.8 Å². The molecule has 4 bridgehead atoms. The number of hydrogen-bond donors (Lipinski definition) is 0. The Morgan fingerprint density at radius 3 is 2.54 bits per heavy atom. The summed E-state index contributed by atoms with van der Waals surface area (Å²) in [5.41, 5.74) is 0.986. The molecule has 0 atom stereocenters. The summed E-state index contributed by atoms with van der Waals surface area (Å²) >= 11 is 1.44. The quantitative estimate of drug-likeness (QED) is 0.739. The topological polar surface area (TPSA) is 59.5 Å². The maximum absolute atomic E-state index is 12.4. The molecule has 1 amide bonds. The monoisotopic (exact) mass is 374 g/mol. The number of amides is 1. The van der Waals surface area contributed by atoms with Gasteiger partial charge in [0.25, 0.3) is 0 Å². The standard InChI is InChI=1S/C20H26N2O3S/c23-17-2-1-3-22(17)19-21-16(11-26-19)7-18(24)25-12-20-8-13-4-14(9-20)6-15(5-13)10-20/h11,13-15H,1-10,12H2. The predicted molar refractivity (Wildman–Crippen MR) is 99.0 cm³/mol. The largest absolute Gasteiger partial charge is 0.465 e. The van der Waals surface area contributed by atoms with Crippen LogP contribution in [-0.2, 0) is 20.7 Å². The van der Waals surface area contributed by atoms with E-state index < -0.39 is 0 Å².